The lowest BCUT2D eigenvalue weighted by molar-refractivity contribution is -0.144. The molecule has 0 bridgehead atoms. The van der Waals surface area contributed by atoms with Crippen LogP contribution in [0.1, 0.15) is 78.1 Å². The van der Waals surface area contributed by atoms with E-state index in [0.717, 1.165) is 51.4 Å². The molecule has 0 radical (unpaired) electrons. The number of aliphatic carboxylic acids is 1. The first-order chi connectivity index (χ1) is 12.8. The second-order valence-electron chi connectivity index (χ2n) is 6.77. The summed E-state index contributed by atoms with van der Waals surface area (Å²) in [7, 11) is 1.29. The monoisotopic (exact) mass is 386 g/mol. The predicted octanol–water partition coefficient (Wildman–Crippen LogP) is 2.15. The molecule has 0 aliphatic carbocycles. The Kier molecular flexibility index (Phi) is 13.8. The number of hydrogen-bond donors (Lipinski definition) is 3. The van der Waals surface area contributed by atoms with Gasteiger partial charge in [0.25, 0.3) is 0 Å². The maximum absolute atomic E-state index is 11.7. The van der Waals surface area contributed by atoms with Gasteiger partial charge in [-0.25, -0.2) is 4.79 Å². The van der Waals surface area contributed by atoms with Crippen molar-refractivity contribution in [1.82, 2.24) is 10.6 Å². The summed E-state index contributed by atoms with van der Waals surface area (Å²) < 4.78 is 4.55. The topological polar surface area (TPSA) is 122 Å². The molecule has 0 aliphatic rings. The molecule has 0 heterocycles. The summed E-state index contributed by atoms with van der Waals surface area (Å²) in [6.45, 7) is 3.05. The Hall–Kier alpha value is -2.12. The van der Waals surface area contributed by atoms with Crippen LogP contribution >= 0.6 is 0 Å². The van der Waals surface area contributed by atoms with E-state index in [1.165, 1.54) is 14.0 Å². The number of carboxylic acid groups (broad SMARTS) is 1. The third-order valence-electron chi connectivity index (χ3n) is 4.24. The molecule has 3 N–H and O–H groups in total. The lowest BCUT2D eigenvalue weighted by Gasteiger charge is -2.11. The molecule has 8 heteroatoms. The van der Waals surface area contributed by atoms with E-state index in [-0.39, 0.29) is 11.8 Å². The zero-order chi connectivity index (χ0) is 20.7. The van der Waals surface area contributed by atoms with Crippen molar-refractivity contribution in [3.05, 3.63) is 0 Å². The van der Waals surface area contributed by atoms with Crippen molar-refractivity contribution in [1.29, 1.82) is 0 Å². The van der Waals surface area contributed by atoms with Crippen LogP contribution < -0.4 is 10.6 Å². The number of unbranched alkanes of at least 4 members (excludes halogenated alkanes) is 7. The van der Waals surface area contributed by atoms with Crippen molar-refractivity contribution < 1.29 is 29.0 Å². The molecule has 0 saturated heterocycles. The molecule has 156 valence electrons. The Bertz CT molecular complexity index is 481. The van der Waals surface area contributed by atoms with Crippen molar-refractivity contribution in [3.63, 3.8) is 0 Å². The fourth-order valence-electron chi connectivity index (χ4n) is 2.56. The highest BCUT2D eigenvalue weighted by molar-refractivity contribution is 5.84. The summed E-state index contributed by atoms with van der Waals surface area (Å²) in [5.74, 6) is -1.83. The molecule has 0 fully saturated rings. The van der Waals surface area contributed by atoms with Gasteiger partial charge in [-0.3, -0.25) is 14.4 Å². The van der Waals surface area contributed by atoms with Gasteiger partial charge in [0.05, 0.1) is 7.11 Å². The summed E-state index contributed by atoms with van der Waals surface area (Å²) in [5.41, 5.74) is 0. The largest absolute Gasteiger partial charge is 0.480 e. The number of carbonyl (C=O) groups is 4. The fraction of sp³-hybridized carbons (Fsp3) is 0.789. The molecule has 2 unspecified atom stereocenters. The molecular weight excluding hydrogens is 352 g/mol. The summed E-state index contributed by atoms with van der Waals surface area (Å²) >= 11 is 0. The van der Waals surface area contributed by atoms with Crippen LogP contribution in [0.25, 0.3) is 0 Å². The minimum Gasteiger partial charge on any atom is -0.480 e. The number of nitrogens with one attached hydrogen (secondary N) is 2. The van der Waals surface area contributed by atoms with Crippen LogP contribution in [0.3, 0.4) is 0 Å². The number of rotatable bonds is 15. The number of carboxylic acids is 1. The van der Waals surface area contributed by atoms with Gasteiger partial charge >= 0.3 is 11.9 Å². The molecule has 2 amide bonds. The molecule has 0 aromatic heterocycles. The van der Waals surface area contributed by atoms with E-state index in [2.05, 4.69) is 15.4 Å². The Balaban J connectivity index is 3.47. The first kappa shape index (κ1) is 24.9. The van der Waals surface area contributed by atoms with Gasteiger partial charge in [0.1, 0.15) is 12.1 Å². The van der Waals surface area contributed by atoms with Crippen molar-refractivity contribution >= 4 is 23.8 Å². The molecule has 2 atom stereocenters. The normalized spacial score (nSPS) is 12.7. The van der Waals surface area contributed by atoms with Crippen LogP contribution in [0, 0.1) is 0 Å². The number of carbonyl (C=O) groups excluding carboxylic acids is 3. The van der Waals surface area contributed by atoms with E-state index in [9.17, 15) is 19.2 Å². The maximum atomic E-state index is 11.7. The molecule has 0 aliphatic heterocycles. The third kappa shape index (κ3) is 13.7. The van der Waals surface area contributed by atoms with Crippen LogP contribution in [0.4, 0.5) is 0 Å². The molecule has 27 heavy (non-hydrogen) atoms. The van der Waals surface area contributed by atoms with E-state index in [1.54, 1.807) is 6.92 Å². The Morgan fingerprint density at radius 2 is 1.11 bits per heavy atom. The Labute approximate surface area is 161 Å². The van der Waals surface area contributed by atoms with Crippen molar-refractivity contribution in [3.8, 4) is 0 Å². The molecule has 0 spiro atoms. The van der Waals surface area contributed by atoms with Crippen molar-refractivity contribution in [2.45, 2.75) is 90.1 Å². The molecule has 8 nitrogen and oxygen atoms in total. The predicted molar refractivity (Wildman–Crippen MR) is 101 cm³/mol. The van der Waals surface area contributed by atoms with Crippen LogP contribution in [0.2, 0.25) is 0 Å². The molecule has 0 aromatic rings. The van der Waals surface area contributed by atoms with Crippen molar-refractivity contribution in [2.75, 3.05) is 7.11 Å². The highest BCUT2D eigenvalue weighted by Crippen LogP contribution is 2.10. The maximum Gasteiger partial charge on any atom is 0.328 e. The van der Waals surface area contributed by atoms with E-state index in [4.69, 9.17) is 5.11 Å². The first-order valence-corrected chi connectivity index (χ1v) is 9.67. The van der Waals surface area contributed by atoms with Gasteiger partial charge in [0.2, 0.25) is 11.8 Å². The molecule has 0 saturated carbocycles. The lowest BCUT2D eigenvalue weighted by Crippen LogP contribution is -2.38. The smallest absolute Gasteiger partial charge is 0.328 e. The zero-order valence-corrected chi connectivity index (χ0v) is 16.7. The number of methoxy groups -OCH3 is 1. The summed E-state index contributed by atoms with van der Waals surface area (Å²) in [4.78, 5) is 45.0. The highest BCUT2D eigenvalue weighted by Gasteiger charge is 2.15. The average molecular weight is 386 g/mol. The van der Waals surface area contributed by atoms with Crippen molar-refractivity contribution in [2.24, 2.45) is 0 Å². The summed E-state index contributed by atoms with van der Waals surface area (Å²) in [6.07, 6.45) is 8.50. The van der Waals surface area contributed by atoms with Crippen LogP contribution in [0.15, 0.2) is 0 Å². The number of ether oxygens (including phenoxy) is 1. The fourth-order valence-corrected chi connectivity index (χ4v) is 2.56. The molecular formula is C19H34N2O6. The average Bonchev–Trinajstić information content (AvgIpc) is 2.62. The van der Waals surface area contributed by atoms with Crippen LogP contribution in [0.5, 0.6) is 0 Å². The number of hydrogen-bond acceptors (Lipinski definition) is 5. The second-order valence-corrected chi connectivity index (χ2v) is 6.77. The quantitative estimate of drug-likeness (QED) is 0.293. The van der Waals surface area contributed by atoms with Gasteiger partial charge in [0.15, 0.2) is 0 Å². The van der Waals surface area contributed by atoms with E-state index in [0.29, 0.717) is 12.8 Å². The third-order valence-corrected chi connectivity index (χ3v) is 4.24. The molecule has 0 rings (SSSR count). The SMILES string of the molecule is COC(=O)C(C)NC(=O)CCCCCCCCCCC(=O)NC(C)C(=O)O. The molecule has 0 aromatic carbocycles. The van der Waals surface area contributed by atoms with E-state index >= 15 is 0 Å². The summed E-state index contributed by atoms with van der Waals surface area (Å²) in [6, 6.07) is -1.46. The van der Waals surface area contributed by atoms with Gasteiger partial charge in [-0.1, -0.05) is 38.5 Å². The first-order valence-electron chi connectivity index (χ1n) is 9.67. The Morgan fingerprint density at radius 3 is 1.48 bits per heavy atom. The van der Waals surface area contributed by atoms with Crippen LogP contribution in [-0.2, 0) is 23.9 Å². The van der Waals surface area contributed by atoms with Gasteiger partial charge in [-0.05, 0) is 26.7 Å². The minimum absolute atomic E-state index is 0.136. The van der Waals surface area contributed by atoms with Gasteiger partial charge in [0, 0.05) is 12.8 Å². The lowest BCUT2D eigenvalue weighted by atomic mass is 10.1. The summed E-state index contributed by atoms with van der Waals surface area (Å²) in [5, 5.41) is 13.7. The number of amides is 2. The van der Waals surface area contributed by atoms with Gasteiger partial charge < -0.3 is 20.5 Å². The van der Waals surface area contributed by atoms with Crippen LogP contribution in [-0.4, -0.2) is 48.1 Å². The minimum atomic E-state index is -1.03. The van der Waals surface area contributed by atoms with E-state index in [1.807, 2.05) is 0 Å². The standard InChI is InChI=1S/C19H34N2O6/c1-14(18(24)25)20-16(22)12-10-8-6-4-5-7-9-11-13-17(23)21-15(2)19(26)27-3/h14-15H,4-13H2,1-3H3,(H,20,22)(H,21,23)(H,24,25). The van der Waals surface area contributed by atoms with Gasteiger partial charge in [-0.2, -0.15) is 0 Å². The Morgan fingerprint density at radius 1 is 0.741 bits per heavy atom. The highest BCUT2D eigenvalue weighted by atomic mass is 16.5. The van der Waals surface area contributed by atoms with Gasteiger partial charge in [-0.15, -0.1) is 0 Å². The number of esters is 1. The second kappa shape index (κ2) is 15.0. The zero-order valence-electron chi connectivity index (χ0n) is 16.7. The van der Waals surface area contributed by atoms with E-state index < -0.39 is 24.0 Å².